The first-order valence-electron chi connectivity index (χ1n) is 27.0. The van der Waals surface area contributed by atoms with Crippen molar-refractivity contribution in [2.75, 3.05) is 26.4 Å². The smallest absolute Gasteiger partial charge is 0.352 e. The van der Waals surface area contributed by atoms with E-state index in [4.69, 9.17) is 33.6 Å². The van der Waals surface area contributed by atoms with Gasteiger partial charge in [-0.2, -0.15) is 0 Å². The molecule has 0 heterocycles. The number of carbonyl (C=O) groups is 5. The summed E-state index contributed by atoms with van der Waals surface area (Å²) < 4.78 is 29.1. The molecule has 0 aromatic heterocycles. The van der Waals surface area contributed by atoms with Crippen LogP contribution >= 0.6 is 0 Å². The first-order chi connectivity index (χ1) is 36.2. The van der Waals surface area contributed by atoms with Gasteiger partial charge in [0.25, 0.3) is 0 Å². The van der Waals surface area contributed by atoms with Crippen molar-refractivity contribution in [3.8, 4) is 5.75 Å². The molecule has 17 nitrogen and oxygen atoms in total. The molecule has 0 spiro atoms. The predicted molar refractivity (Wildman–Crippen MR) is 301 cm³/mol. The summed E-state index contributed by atoms with van der Waals surface area (Å²) in [6.45, 7) is 30.4. The Morgan fingerprint density at radius 1 is 0.557 bits per heavy atom. The number of rotatable bonds is 29. The Kier molecular flexibility index (Phi) is 21.7. The van der Waals surface area contributed by atoms with E-state index in [0.717, 1.165) is 5.56 Å². The van der Waals surface area contributed by atoms with Crippen molar-refractivity contribution in [1.29, 1.82) is 0 Å². The van der Waals surface area contributed by atoms with E-state index in [1.165, 1.54) is 0 Å². The molecule has 4 unspecified atom stereocenters. The molecule has 3 N–H and O–H groups in total. The van der Waals surface area contributed by atoms with E-state index in [1.807, 2.05) is 50.2 Å². The molecule has 438 valence electrons. The Labute approximate surface area is 469 Å². The number of hydrogen-bond donors (Lipinski definition) is 3. The maximum Gasteiger partial charge on any atom is 0.352 e. The predicted octanol–water partition coefficient (Wildman–Crippen LogP) is 12.6. The zero-order valence-corrected chi connectivity index (χ0v) is 50.3. The molecule has 0 aliphatic rings. The summed E-state index contributed by atoms with van der Waals surface area (Å²) in [6, 6.07) is 27.7. The van der Waals surface area contributed by atoms with Crippen LogP contribution in [0.1, 0.15) is 167 Å². The summed E-state index contributed by atoms with van der Waals surface area (Å²) in [5, 5.41) is 40.1. The van der Waals surface area contributed by atoms with Crippen LogP contribution < -0.4 is 4.74 Å². The largest absolute Gasteiger partial charge is 0.490 e. The number of aliphatic hydroxyl groups is 2. The van der Waals surface area contributed by atoms with Gasteiger partial charge in [-0.15, -0.1) is 0 Å². The van der Waals surface area contributed by atoms with Crippen molar-refractivity contribution in [3.63, 3.8) is 0 Å². The van der Waals surface area contributed by atoms with Gasteiger partial charge in [0.1, 0.15) is 44.1 Å². The molecular weight excluding hydrogens is 1010 g/mol. The second-order valence-electron chi connectivity index (χ2n) is 26.4. The molecule has 0 radical (unpaired) electrons. The number of carboxylic acid groups (broad SMARTS) is 1. The number of hydrogen-bond acceptors (Lipinski definition) is 14. The minimum Gasteiger partial charge on any atom is -0.490 e. The van der Waals surface area contributed by atoms with E-state index in [-0.39, 0.29) is 31.2 Å². The molecule has 3 aromatic carbocycles. The molecule has 17 heteroatoms. The number of azide groups is 1. The third-order valence-electron chi connectivity index (χ3n) is 18.2. The normalized spacial score (nSPS) is 15.6. The monoisotopic (exact) mass is 1100 g/mol. The number of carboxylic acids is 1. The van der Waals surface area contributed by atoms with E-state index in [2.05, 4.69) is 31.0 Å². The average molecular weight is 1100 g/mol. The minimum absolute atomic E-state index is 0.0592. The lowest BCUT2D eigenvalue weighted by atomic mass is 9.40. The molecule has 3 rings (SSSR count). The van der Waals surface area contributed by atoms with Crippen LogP contribution in [0.15, 0.2) is 96.3 Å². The van der Waals surface area contributed by atoms with E-state index >= 15 is 9.59 Å². The minimum atomic E-state index is -2.55. The van der Waals surface area contributed by atoms with Crippen LogP contribution in [0.3, 0.4) is 0 Å². The lowest BCUT2D eigenvalue weighted by molar-refractivity contribution is -0.294. The van der Waals surface area contributed by atoms with E-state index in [1.54, 1.807) is 145 Å². The van der Waals surface area contributed by atoms with Gasteiger partial charge < -0.3 is 43.8 Å². The van der Waals surface area contributed by atoms with Crippen molar-refractivity contribution >= 4 is 29.8 Å². The molecule has 0 fully saturated rings. The van der Waals surface area contributed by atoms with Crippen LogP contribution in [0.4, 0.5) is 0 Å². The number of ether oxygens (including phenoxy) is 5. The van der Waals surface area contributed by atoms with Crippen molar-refractivity contribution in [3.05, 3.63) is 113 Å². The van der Waals surface area contributed by atoms with Gasteiger partial charge in [0, 0.05) is 32.0 Å². The summed E-state index contributed by atoms with van der Waals surface area (Å²) in [5.74, 6) is -4.77. The van der Waals surface area contributed by atoms with E-state index in [0.29, 0.717) is 17.7 Å². The van der Waals surface area contributed by atoms with Crippen LogP contribution in [0.25, 0.3) is 10.4 Å². The van der Waals surface area contributed by atoms with Crippen molar-refractivity contribution < 1.29 is 67.8 Å². The quantitative estimate of drug-likeness (QED) is 0.0111. The highest BCUT2D eigenvalue weighted by Gasteiger charge is 2.77. The van der Waals surface area contributed by atoms with Crippen molar-refractivity contribution in [2.45, 2.75) is 180 Å². The van der Waals surface area contributed by atoms with Gasteiger partial charge in [-0.3, -0.25) is 9.59 Å². The van der Waals surface area contributed by atoms with Crippen LogP contribution in [-0.4, -0.2) is 88.4 Å². The summed E-state index contributed by atoms with van der Waals surface area (Å²) >= 11 is 0. The first-order valence-corrected chi connectivity index (χ1v) is 27.0. The highest BCUT2D eigenvalue weighted by Crippen LogP contribution is 2.68. The molecule has 79 heavy (non-hydrogen) atoms. The molecule has 3 aromatic rings. The average Bonchev–Trinajstić information content (AvgIpc) is 3.36. The Morgan fingerprint density at radius 3 is 1.56 bits per heavy atom. The van der Waals surface area contributed by atoms with Gasteiger partial charge in [0.2, 0.25) is 5.60 Å². The molecule has 0 amide bonds. The Morgan fingerprint density at radius 2 is 1.05 bits per heavy atom. The first kappa shape index (κ1) is 67.1. The van der Waals surface area contributed by atoms with Gasteiger partial charge in [-0.1, -0.05) is 203 Å². The number of carbonyl (C=O) groups excluding carboxylic acids is 4. The van der Waals surface area contributed by atoms with Crippen molar-refractivity contribution in [1.82, 2.24) is 0 Å². The van der Waals surface area contributed by atoms with Gasteiger partial charge in [-0.25, -0.2) is 14.4 Å². The summed E-state index contributed by atoms with van der Waals surface area (Å²) in [6.07, 6.45) is -0.908. The zero-order valence-electron chi connectivity index (χ0n) is 50.3. The molecule has 0 saturated carbocycles. The van der Waals surface area contributed by atoms with Crippen molar-refractivity contribution in [2.24, 2.45) is 48.6 Å². The number of nitrogens with zero attached hydrogens (tertiary/aromatic N) is 3. The lowest BCUT2D eigenvalue weighted by Gasteiger charge is -2.65. The lowest BCUT2D eigenvalue weighted by Crippen LogP contribution is -2.76. The highest BCUT2D eigenvalue weighted by atomic mass is 16.7. The second-order valence-corrected chi connectivity index (χ2v) is 26.4. The molecule has 4 atom stereocenters. The molecule has 0 bridgehead atoms. The van der Waals surface area contributed by atoms with E-state index < -0.39 is 117 Å². The number of para-hydroxylation sites is 1. The standard InChI is InChI=1S/C62H91N3O14/c1-52(2,3)46(44-30-24-20-25-31-44)40-54(7,8)56(11,12)60(72,49(69)76-39-37-75-48(68)35-34-47(66)67)42-55(9,10)57(13,14)62(79-65-64-63,51(71)78-41-43-28-22-19-23-29-43)59(17,18)58(15,16)61(73,53(4,5)6)50(70)77-38-36-74-45-32-26-21-27-33-45/h19-33,46,72-73H,34-42H2,1-18H3,(H,66,67). The molecule has 0 aliphatic heterocycles. The van der Waals surface area contributed by atoms with Gasteiger partial charge in [-0.05, 0) is 63.8 Å². The molecular formula is C62H91N3O14. The fourth-order valence-corrected chi connectivity index (χ4v) is 11.3. The molecule has 0 aliphatic carbocycles. The third kappa shape index (κ3) is 14.1. The van der Waals surface area contributed by atoms with Crippen LogP contribution in [0, 0.1) is 43.3 Å². The summed E-state index contributed by atoms with van der Waals surface area (Å²) in [5.41, 5.74) is -6.79. The maximum atomic E-state index is 16.0. The SMILES string of the molecule is CC(C)(C)C(CC(C)(C)C(C)(C)C(O)(CC(C)(C)C(C)(C)C(ON=[N+]=[N-])(C(=O)OCc1ccccc1)C(C)(C)C(C)(C)C(O)(C(=O)OCCOc1ccccc1)C(C)(C)C)C(=O)OCCOC(=O)CCC(=O)O)c1ccccc1. The Hall–Kier alpha value is -6.16. The Bertz CT molecular complexity index is 2580. The van der Waals surface area contributed by atoms with Crippen LogP contribution in [0.5, 0.6) is 5.75 Å². The summed E-state index contributed by atoms with van der Waals surface area (Å²) in [4.78, 5) is 79.1. The topological polar surface area (TPSA) is 250 Å². The highest BCUT2D eigenvalue weighted by molar-refractivity contribution is 5.85. The van der Waals surface area contributed by atoms with Crippen LogP contribution in [0.2, 0.25) is 0 Å². The summed E-state index contributed by atoms with van der Waals surface area (Å²) in [7, 11) is 0. The number of esters is 4. The van der Waals surface area contributed by atoms with E-state index in [9.17, 15) is 30.1 Å². The van der Waals surface area contributed by atoms with Gasteiger partial charge in [0.05, 0.1) is 12.8 Å². The zero-order chi connectivity index (χ0) is 60.3. The fourth-order valence-electron chi connectivity index (χ4n) is 11.3. The molecule has 0 saturated heterocycles. The number of aliphatic carboxylic acids is 1. The second kappa shape index (κ2) is 25.5. The van der Waals surface area contributed by atoms with Gasteiger partial charge in [0.15, 0.2) is 11.2 Å². The maximum absolute atomic E-state index is 16.0. The fraction of sp³-hybridized carbons (Fsp3) is 0.629. The van der Waals surface area contributed by atoms with Crippen LogP contribution in [-0.2, 0) is 54.4 Å². The number of benzene rings is 3. The third-order valence-corrected chi connectivity index (χ3v) is 18.2. The Balaban J connectivity index is 2.42. The van der Waals surface area contributed by atoms with Gasteiger partial charge >= 0.3 is 29.8 Å².